The molecule has 0 aromatic heterocycles. The number of carbonyl (C=O) groups excluding carboxylic acids is 2. The van der Waals surface area contributed by atoms with E-state index in [1.165, 1.54) is 27.7 Å². The molecule has 0 saturated heterocycles. The molecule has 8 nitrogen and oxygen atoms in total. The maximum Gasteiger partial charge on any atom is 0.336 e. The molecule has 0 bridgehead atoms. The van der Waals surface area contributed by atoms with Crippen molar-refractivity contribution in [2.24, 2.45) is 0 Å². The van der Waals surface area contributed by atoms with Gasteiger partial charge < -0.3 is 19.7 Å². The van der Waals surface area contributed by atoms with Crippen LogP contribution < -0.4 is 0 Å². The maximum absolute atomic E-state index is 11.5. The Bertz CT molecular complexity index is 572. The molecule has 0 saturated carbocycles. The van der Waals surface area contributed by atoms with Crippen molar-refractivity contribution in [2.45, 2.75) is 39.9 Å². The SMILES string of the molecule is C=C(C)C(=O)OC(C)C(C(=O)O)=C(C(=O)O)C(C)OC(=O)C(=C)C. The lowest BCUT2D eigenvalue weighted by Crippen LogP contribution is -2.31. The van der Waals surface area contributed by atoms with E-state index in [1.54, 1.807) is 0 Å². The number of carbonyl (C=O) groups is 4. The lowest BCUT2D eigenvalue weighted by Gasteiger charge is -2.20. The third-order valence-electron chi connectivity index (χ3n) is 2.83. The number of hydrogen-bond acceptors (Lipinski definition) is 6. The van der Waals surface area contributed by atoms with Crippen LogP contribution in [0.3, 0.4) is 0 Å². The van der Waals surface area contributed by atoms with Crippen molar-refractivity contribution < 1.29 is 38.9 Å². The van der Waals surface area contributed by atoms with Crippen LogP contribution in [0.15, 0.2) is 35.5 Å². The smallest absolute Gasteiger partial charge is 0.336 e. The molecule has 0 amide bonds. The maximum atomic E-state index is 11.5. The van der Waals surface area contributed by atoms with Crippen LogP contribution in [-0.4, -0.2) is 46.3 Å². The highest BCUT2D eigenvalue weighted by atomic mass is 16.6. The minimum absolute atomic E-state index is 0.0187. The zero-order chi connectivity index (χ0) is 19.2. The van der Waals surface area contributed by atoms with Crippen LogP contribution >= 0.6 is 0 Å². The molecule has 132 valence electrons. The molecule has 0 aliphatic rings. The predicted octanol–water partition coefficient (Wildman–Crippen LogP) is 1.47. The monoisotopic (exact) mass is 340 g/mol. The van der Waals surface area contributed by atoms with Gasteiger partial charge in [0.2, 0.25) is 0 Å². The van der Waals surface area contributed by atoms with Gasteiger partial charge in [0.15, 0.2) is 0 Å². The first-order valence-corrected chi connectivity index (χ1v) is 6.83. The fourth-order valence-electron chi connectivity index (χ4n) is 1.66. The number of esters is 2. The van der Waals surface area contributed by atoms with Crippen LogP contribution in [0, 0.1) is 0 Å². The largest absolute Gasteiger partial charge is 0.478 e. The first-order chi connectivity index (χ1) is 10.9. The summed E-state index contributed by atoms with van der Waals surface area (Å²) in [6.45, 7) is 11.8. The number of rotatable bonds is 8. The van der Waals surface area contributed by atoms with Crippen LogP contribution in [0.1, 0.15) is 27.7 Å². The summed E-state index contributed by atoms with van der Waals surface area (Å²) < 4.78 is 9.74. The molecule has 2 atom stereocenters. The number of carboxylic acid groups (broad SMARTS) is 2. The van der Waals surface area contributed by atoms with Crippen LogP contribution in [0.5, 0.6) is 0 Å². The van der Waals surface area contributed by atoms with Gasteiger partial charge in [0, 0.05) is 11.1 Å². The molecule has 0 rings (SSSR count). The van der Waals surface area contributed by atoms with Gasteiger partial charge in [-0.1, -0.05) is 13.2 Å². The lowest BCUT2D eigenvalue weighted by molar-refractivity contribution is -0.147. The van der Waals surface area contributed by atoms with Gasteiger partial charge in [0.25, 0.3) is 0 Å². The van der Waals surface area contributed by atoms with E-state index in [2.05, 4.69) is 13.2 Å². The quantitative estimate of drug-likeness (QED) is 0.502. The molecule has 0 radical (unpaired) electrons. The van der Waals surface area contributed by atoms with Gasteiger partial charge >= 0.3 is 23.9 Å². The molecule has 2 N–H and O–H groups in total. The van der Waals surface area contributed by atoms with Crippen LogP contribution in [0.4, 0.5) is 0 Å². The molecule has 0 fully saturated rings. The average Bonchev–Trinajstić information content (AvgIpc) is 2.42. The van der Waals surface area contributed by atoms with E-state index < -0.39 is 47.2 Å². The molecule has 0 heterocycles. The Hall–Kier alpha value is -2.90. The minimum atomic E-state index is -1.62. The predicted molar refractivity (Wildman–Crippen MR) is 83.0 cm³/mol. The summed E-state index contributed by atoms with van der Waals surface area (Å²) in [5, 5.41) is 18.6. The van der Waals surface area contributed by atoms with Gasteiger partial charge in [-0.3, -0.25) is 0 Å². The number of aliphatic carboxylic acids is 2. The summed E-state index contributed by atoms with van der Waals surface area (Å²) in [5.74, 6) is -4.99. The van der Waals surface area contributed by atoms with E-state index in [4.69, 9.17) is 9.47 Å². The third-order valence-corrected chi connectivity index (χ3v) is 2.83. The Kier molecular flexibility index (Phi) is 7.61. The van der Waals surface area contributed by atoms with E-state index in [9.17, 15) is 29.4 Å². The van der Waals surface area contributed by atoms with Crippen molar-refractivity contribution in [2.75, 3.05) is 0 Å². The Morgan fingerprint density at radius 3 is 1.17 bits per heavy atom. The first-order valence-electron chi connectivity index (χ1n) is 6.83. The van der Waals surface area contributed by atoms with E-state index in [1.807, 2.05) is 0 Å². The van der Waals surface area contributed by atoms with Crippen molar-refractivity contribution in [1.29, 1.82) is 0 Å². The second-order valence-corrected chi connectivity index (χ2v) is 5.09. The summed E-state index contributed by atoms with van der Waals surface area (Å²) >= 11 is 0. The number of ether oxygens (including phenoxy) is 2. The summed E-state index contributed by atoms with van der Waals surface area (Å²) in [6, 6.07) is 0. The number of hydrogen-bond donors (Lipinski definition) is 2. The fourth-order valence-corrected chi connectivity index (χ4v) is 1.66. The van der Waals surface area contributed by atoms with E-state index >= 15 is 0 Å². The zero-order valence-electron chi connectivity index (χ0n) is 13.9. The van der Waals surface area contributed by atoms with Gasteiger partial charge in [0.1, 0.15) is 12.2 Å². The van der Waals surface area contributed by atoms with Gasteiger partial charge in [-0.25, -0.2) is 19.2 Å². The lowest BCUT2D eigenvalue weighted by atomic mass is 9.99. The summed E-state index contributed by atoms with van der Waals surface area (Å²) in [4.78, 5) is 46.0. The molecule has 2 unspecified atom stereocenters. The Morgan fingerprint density at radius 1 is 0.750 bits per heavy atom. The Morgan fingerprint density at radius 2 is 1.00 bits per heavy atom. The molecule has 8 heteroatoms. The van der Waals surface area contributed by atoms with Gasteiger partial charge in [0.05, 0.1) is 11.1 Å². The molecular weight excluding hydrogens is 320 g/mol. The van der Waals surface area contributed by atoms with E-state index in [0.717, 1.165) is 0 Å². The first kappa shape index (κ1) is 21.1. The van der Waals surface area contributed by atoms with Crippen LogP contribution in [0.2, 0.25) is 0 Å². The second kappa shape index (κ2) is 8.66. The standard InChI is InChI=1S/C16H20O8/c1-7(2)15(21)23-9(5)11(13(17)18)12(14(19)20)10(6)24-16(22)8(3)4/h9-10H,1,3H2,2,4-6H3,(H,17,18)(H,19,20). The van der Waals surface area contributed by atoms with Gasteiger partial charge in [-0.15, -0.1) is 0 Å². The summed E-state index contributed by atoms with van der Waals surface area (Å²) in [7, 11) is 0. The van der Waals surface area contributed by atoms with Gasteiger partial charge in [-0.05, 0) is 27.7 Å². The highest BCUT2D eigenvalue weighted by Crippen LogP contribution is 2.20. The molecule has 0 aliphatic carbocycles. The van der Waals surface area contributed by atoms with E-state index in [0.29, 0.717) is 0 Å². The average molecular weight is 340 g/mol. The zero-order valence-corrected chi connectivity index (χ0v) is 13.9. The molecule has 24 heavy (non-hydrogen) atoms. The molecule has 0 aliphatic heterocycles. The minimum Gasteiger partial charge on any atom is -0.478 e. The van der Waals surface area contributed by atoms with Gasteiger partial charge in [-0.2, -0.15) is 0 Å². The topological polar surface area (TPSA) is 127 Å². The third kappa shape index (κ3) is 5.71. The highest BCUT2D eigenvalue weighted by Gasteiger charge is 2.32. The fraction of sp³-hybridized carbons (Fsp3) is 0.375. The van der Waals surface area contributed by atoms with Crippen molar-refractivity contribution in [3.8, 4) is 0 Å². The highest BCUT2D eigenvalue weighted by molar-refractivity contribution is 6.01. The summed E-state index contributed by atoms with van der Waals surface area (Å²) in [5.41, 5.74) is -1.38. The molecule has 0 spiro atoms. The summed E-state index contributed by atoms with van der Waals surface area (Å²) in [6.07, 6.45) is -2.80. The van der Waals surface area contributed by atoms with Crippen LogP contribution in [0.25, 0.3) is 0 Å². The normalized spacial score (nSPS) is 13.8. The van der Waals surface area contributed by atoms with Crippen molar-refractivity contribution in [3.63, 3.8) is 0 Å². The Labute approximate surface area is 139 Å². The van der Waals surface area contributed by atoms with Crippen LogP contribution in [-0.2, 0) is 28.7 Å². The van der Waals surface area contributed by atoms with Crippen molar-refractivity contribution >= 4 is 23.9 Å². The Balaban J connectivity index is 5.90. The molecule has 0 aromatic carbocycles. The molecular formula is C16H20O8. The molecule has 0 aromatic rings. The van der Waals surface area contributed by atoms with E-state index in [-0.39, 0.29) is 11.1 Å². The number of carboxylic acids is 2. The van der Waals surface area contributed by atoms with Crippen molar-refractivity contribution in [3.05, 3.63) is 35.5 Å². The second-order valence-electron chi connectivity index (χ2n) is 5.09. The van der Waals surface area contributed by atoms with Crippen molar-refractivity contribution in [1.82, 2.24) is 0 Å².